The molecule has 2 atom stereocenters. The Kier molecular flexibility index (Phi) is 3.34. The molecule has 0 aromatic heterocycles. The van der Waals surface area contributed by atoms with Crippen LogP contribution in [0.25, 0.3) is 16.2 Å². The third-order valence-electron chi connectivity index (χ3n) is 3.89. The number of halogens is 1. The zero-order chi connectivity index (χ0) is 16.1. The molecule has 2 unspecified atom stereocenters. The van der Waals surface area contributed by atoms with Crippen LogP contribution in [0.15, 0.2) is 35.0 Å². The molecular formula is C15H12BrN3O3. The number of azide groups is 1. The van der Waals surface area contributed by atoms with Gasteiger partial charge in [0.2, 0.25) is 11.6 Å². The average Bonchev–Trinajstić information content (AvgIpc) is 2.49. The summed E-state index contributed by atoms with van der Waals surface area (Å²) in [6.45, 7) is 3.67. The molecule has 2 aliphatic rings. The molecule has 0 bridgehead atoms. The van der Waals surface area contributed by atoms with Gasteiger partial charge in [-0.25, -0.2) is 0 Å². The summed E-state index contributed by atoms with van der Waals surface area (Å²) in [7, 11) is 0. The number of carbonyl (C=O) groups is 2. The summed E-state index contributed by atoms with van der Waals surface area (Å²) in [6, 6.07) is 5.99. The highest BCUT2D eigenvalue weighted by atomic mass is 79.9. The van der Waals surface area contributed by atoms with Crippen LogP contribution in [0.3, 0.4) is 0 Å². The van der Waals surface area contributed by atoms with Gasteiger partial charge >= 0.3 is 0 Å². The Labute approximate surface area is 134 Å². The molecule has 0 radical (unpaired) electrons. The lowest BCUT2D eigenvalue weighted by molar-refractivity contribution is -0.112. The van der Waals surface area contributed by atoms with E-state index in [1.807, 2.05) is 13.8 Å². The lowest BCUT2D eigenvalue weighted by Crippen LogP contribution is -2.49. The molecule has 1 heterocycles. The molecular weight excluding hydrogens is 350 g/mol. The van der Waals surface area contributed by atoms with Gasteiger partial charge in [0, 0.05) is 16.0 Å². The summed E-state index contributed by atoms with van der Waals surface area (Å²) in [4.78, 5) is 27.2. The van der Waals surface area contributed by atoms with Crippen LogP contribution < -0.4 is 0 Å². The van der Waals surface area contributed by atoms with Crippen molar-refractivity contribution in [3.8, 4) is 0 Å². The predicted molar refractivity (Wildman–Crippen MR) is 83.5 cm³/mol. The molecule has 7 heteroatoms. The van der Waals surface area contributed by atoms with Crippen molar-refractivity contribution >= 4 is 33.3 Å². The van der Waals surface area contributed by atoms with Crippen LogP contribution in [0.2, 0.25) is 0 Å². The van der Waals surface area contributed by atoms with E-state index in [-0.39, 0.29) is 5.57 Å². The molecule has 1 aliphatic heterocycles. The SMILES string of the molecule is CC1(C)OC2=C(C(=O)C(=O)c3ccccc32)C(N=[N+]=[N-])C1Br. The Morgan fingerprint density at radius 1 is 1.23 bits per heavy atom. The summed E-state index contributed by atoms with van der Waals surface area (Å²) in [5.74, 6) is -0.945. The van der Waals surface area contributed by atoms with Gasteiger partial charge in [-0.3, -0.25) is 9.59 Å². The summed E-state index contributed by atoms with van der Waals surface area (Å²) < 4.78 is 5.99. The van der Waals surface area contributed by atoms with E-state index in [0.717, 1.165) is 0 Å². The smallest absolute Gasteiger partial charge is 0.234 e. The average molecular weight is 362 g/mol. The normalized spacial score (nSPS) is 25.8. The lowest BCUT2D eigenvalue weighted by atomic mass is 9.80. The maximum Gasteiger partial charge on any atom is 0.234 e. The van der Waals surface area contributed by atoms with Gasteiger partial charge in [0.05, 0.1) is 16.4 Å². The molecule has 0 saturated heterocycles. The predicted octanol–water partition coefficient (Wildman–Crippen LogP) is 3.41. The maximum atomic E-state index is 12.5. The Morgan fingerprint density at radius 3 is 2.50 bits per heavy atom. The second kappa shape index (κ2) is 4.97. The number of benzene rings is 1. The number of ketones is 2. The molecule has 6 nitrogen and oxygen atoms in total. The highest BCUT2D eigenvalue weighted by Gasteiger charge is 2.49. The molecule has 22 heavy (non-hydrogen) atoms. The number of Topliss-reactive ketones (excluding diaryl/α,β-unsaturated/α-hetero) is 2. The summed E-state index contributed by atoms with van der Waals surface area (Å²) in [6.07, 6.45) is 0. The molecule has 112 valence electrons. The van der Waals surface area contributed by atoms with Crippen molar-refractivity contribution in [2.75, 3.05) is 0 Å². The van der Waals surface area contributed by atoms with Crippen molar-refractivity contribution in [2.24, 2.45) is 5.11 Å². The van der Waals surface area contributed by atoms with Crippen molar-refractivity contribution in [2.45, 2.75) is 30.3 Å². The lowest BCUT2D eigenvalue weighted by Gasteiger charge is -2.42. The van der Waals surface area contributed by atoms with Crippen LogP contribution in [0.1, 0.15) is 29.8 Å². The first-order valence-corrected chi connectivity index (χ1v) is 7.60. The molecule has 0 spiro atoms. The third-order valence-corrected chi connectivity index (χ3v) is 5.49. The van der Waals surface area contributed by atoms with Crippen molar-refractivity contribution in [1.82, 2.24) is 0 Å². The molecule has 3 rings (SSSR count). The molecule has 0 amide bonds. The van der Waals surface area contributed by atoms with Gasteiger partial charge in [0.15, 0.2) is 0 Å². The van der Waals surface area contributed by atoms with Gasteiger partial charge in [-0.2, -0.15) is 0 Å². The van der Waals surface area contributed by atoms with Crippen LogP contribution in [0.4, 0.5) is 0 Å². The highest BCUT2D eigenvalue weighted by Crippen LogP contribution is 2.45. The summed E-state index contributed by atoms with van der Waals surface area (Å²) in [5.41, 5.74) is 9.12. The van der Waals surface area contributed by atoms with Crippen molar-refractivity contribution in [3.63, 3.8) is 0 Å². The van der Waals surface area contributed by atoms with E-state index in [4.69, 9.17) is 10.3 Å². The second-order valence-electron chi connectivity index (χ2n) is 5.70. The number of hydrogen-bond acceptors (Lipinski definition) is 4. The van der Waals surface area contributed by atoms with Gasteiger partial charge < -0.3 is 4.74 Å². The first kappa shape index (κ1) is 14.8. The Bertz CT molecular complexity index is 778. The summed E-state index contributed by atoms with van der Waals surface area (Å²) in [5, 5.41) is 3.73. The molecule has 1 aliphatic carbocycles. The molecule has 0 saturated carbocycles. The number of ether oxygens (including phenoxy) is 1. The minimum atomic E-state index is -0.798. The van der Waals surface area contributed by atoms with Crippen LogP contribution >= 0.6 is 15.9 Å². The van der Waals surface area contributed by atoms with Gasteiger partial charge in [-0.15, -0.1) is 0 Å². The number of rotatable bonds is 1. The van der Waals surface area contributed by atoms with E-state index < -0.39 is 28.0 Å². The van der Waals surface area contributed by atoms with E-state index in [1.165, 1.54) is 0 Å². The Hall–Kier alpha value is -2.11. The minimum absolute atomic E-state index is 0.128. The second-order valence-corrected chi connectivity index (χ2v) is 6.69. The first-order chi connectivity index (χ1) is 10.4. The number of nitrogens with zero attached hydrogens (tertiary/aromatic N) is 3. The minimum Gasteiger partial charge on any atom is -0.486 e. The van der Waals surface area contributed by atoms with Crippen LogP contribution in [-0.2, 0) is 9.53 Å². The molecule has 1 aromatic rings. The zero-order valence-electron chi connectivity index (χ0n) is 11.9. The standard InChI is InChI=1S/C15H12BrN3O3/c1-15(2)14(16)10(18-19-17)9-12(21)11(20)7-5-3-4-6-8(7)13(9)22-15/h3-6,10,14H,1-2H3. The summed E-state index contributed by atoms with van der Waals surface area (Å²) >= 11 is 3.44. The van der Waals surface area contributed by atoms with Gasteiger partial charge in [-0.05, 0) is 19.4 Å². The van der Waals surface area contributed by atoms with E-state index in [0.29, 0.717) is 16.9 Å². The van der Waals surface area contributed by atoms with Crippen molar-refractivity contribution < 1.29 is 14.3 Å². The number of alkyl halides is 1. The highest BCUT2D eigenvalue weighted by molar-refractivity contribution is 9.09. The Morgan fingerprint density at radius 2 is 1.86 bits per heavy atom. The molecule has 1 aromatic carbocycles. The quantitative estimate of drug-likeness (QED) is 0.252. The Balaban J connectivity index is 2.33. The van der Waals surface area contributed by atoms with E-state index in [1.54, 1.807) is 24.3 Å². The van der Waals surface area contributed by atoms with Gasteiger partial charge in [-0.1, -0.05) is 45.3 Å². The first-order valence-electron chi connectivity index (χ1n) is 6.68. The van der Waals surface area contributed by atoms with Crippen molar-refractivity contribution in [3.05, 3.63) is 51.4 Å². The van der Waals surface area contributed by atoms with E-state index >= 15 is 0 Å². The van der Waals surface area contributed by atoms with Crippen molar-refractivity contribution in [1.29, 1.82) is 0 Å². The van der Waals surface area contributed by atoms with E-state index in [2.05, 4.69) is 26.0 Å². The topological polar surface area (TPSA) is 92.1 Å². The molecule has 0 fully saturated rings. The molecule has 0 N–H and O–H groups in total. The largest absolute Gasteiger partial charge is 0.486 e. The fourth-order valence-corrected chi connectivity index (χ4v) is 3.23. The van der Waals surface area contributed by atoms with Crippen LogP contribution in [-0.4, -0.2) is 28.0 Å². The zero-order valence-corrected chi connectivity index (χ0v) is 13.5. The maximum absolute atomic E-state index is 12.5. The fraction of sp³-hybridized carbons (Fsp3) is 0.333. The number of carbonyl (C=O) groups excluding carboxylic acids is 2. The monoisotopic (exact) mass is 361 g/mol. The fourth-order valence-electron chi connectivity index (χ4n) is 2.77. The third kappa shape index (κ3) is 1.97. The van der Waals surface area contributed by atoms with E-state index in [9.17, 15) is 9.59 Å². The number of hydrogen-bond donors (Lipinski definition) is 0. The number of fused-ring (bicyclic) bond motifs is 2. The van der Waals surface area contributed by atoms with Crippen LogP contribution in [0, 0.1) is 0 Å². The van der Waals surface area contributed by atoms with Crippen LogP contribution in [0.5, 0.6) is 0 Å². The van der Waals surface area contributed by atoms with Gasteiger partial charge in [0.1, 0.15) is 11.4 Å². The van der Waals surface area contributed by atoms with Gasteiger partial charge in [0.25, 0.3) is 0 Å².